The number of amides is 1. The second-order valence-corrected chi connectivity index (χ2v) is 6.14. The highest BCUT2D eigenvalue weighted by atomic mass is 16.5. The first-order chi connectivity index (χ1) is 11.5. The Balaban J connectivity index is 2.09. The minimum Gasteiger partial charge on any atom is -0.497 e. The molecule has 0 unspecified atom stereocenters. The van der Waals surface area contributed by atoms with E-state index in [1.54, 1.807) is 18.9 Å². The Morgan fingerprint density at radius 1 is 1.33 bits per heavy atom. The second kappa shape index (κ2) is 7.99. The van der Waals surface area contributed by atoms with E-state index in [-0.39, 0.29) is 30.1 Å². The van der Waals surface area contributed by atoms with Crippen molar-refractivity contribution in [2.75, 3.05) is 20.3 Å². The van der Waals surface area contributed by atoms with Crippen molar-refractivity contribution in [3.63, 3.8) is 0 Å². The first kappa shape index (κ1) is 18.0. The van der Waals surface area contributed by atoms with Gasteiger partial charge in [-0.15, -0.1) is 0 Å². The van der Waals surface area contributed by atoms with Gasteiger partial charge in [0.15, 0.2) is 0 Å². The van der Waals surface area contributed by atoms with Gasteiger partial charge in [0.05, 0.1) is 26.1 Å². The van der Waals surface area contributed by atoms with Gasteiger partial charge in [0.2, 0.25) is 5.91 Å². The lowest BCUT2D eigenvalue weighted by molar-refractivity contribution is -0.147. The van der Waals surface area contributed by atoms with Gasteiger partial charge in [-0.3, -0.25) is 9.59 Å². The molecule has 5 heteroatoms. The number of ether oxygens (including phenoxy) is 2. The molecule has 1 aromatic rings. The summed E-state index contributed by atoms with van der Waals surface area (Å²) in [6.45, 7) is 9.10. The van der Waals surface area contributed by atoms with E-state index in [2.05, 4.69) is 6.58 Å². The summed E-state index contributed by atoms with van der Waals surface area (Å²) in [4.78, 5) is 26.3. The van der Waals surface area contributed by atoms with Crippen molar-refractivity contribution in [3.05, 3.63) is 42.0 Å². The summed E-state index contributed by atoms with van der Waals surface area (Å²) in [5.41, 5.74) is 1.95. The Morgan fingerprint density at radius 2 is 2.00 bits per heavy atom. The van der Waals surface area contributed by atoms with E-state index >= 15 is 0 Å². The summed E-state index contributed by atoms with van der Waals surface area (Å²) in [5, 5.41) is 0. The van der Waals surface area contributed by atoms with E-state index in [9.17, 15) is 9.59 Å². The van der Waals surface area contributed by atoms with Crippen LogP contribution in [0.4, 0.5) is 0 Å². The summed E-state index contributed by atoms with van der Waals surface area (Å²) in [6.07, 6.45) is 0.114. The van der Waals surface area contributed by atoms with Crippen LogP contribution >= 0.6 is 0 Å². The van der Waals surface area contributed by atoms with Crippen LogP contribution < -0.4 is 4.74 Å². The van der Waals surface area contributed by atoms with Gasteiger partial charge in [-0.1, -0.05) is 24.3 Å². The SMILES string of the molecule is C=C(C)[C@H]1CN(Cc2ccc(OC)cc2)C(=O)[C@H]1CC(=O)OCC. The zero-order valence-corrected chi connectivity index (χ0v) is 14.6. The summed E-state index contributed by atoms with van der Waals surface area (Å²) < 4.78 is 10.2. The quantitative estimate of drug-likeness (QED) is 0.569. The smallest absolute Gasteiger partial charge is 0.306 e. The molecular weight excluding hydrogens is 306 g/mol. The molecule has 0 saturated carbocycles. The Morgan fingerprint density at radius 3 is 2.54 bits per heavy atom. The van der Waals surface area contributed by atoms with E-state index in [0.29, 0.717) is 19.7 Å². The van der Waals surface area contributed by atoms with Gasteiger partial charge in [-0.25, -0.2) is 0 Å². The van der Waals surface area contributed by atoms with Gasteiger partial charge in [0.25, 0.3) is 0 Å². The summed E-state index contributed by atoms with van der Waals surface area (Å²) in [6, 6.07) is 7.64. The highest BCUT2D eigenvalue weighted by Gasteiger charge is 2.41. The molecule has 5 nitrogen and oxygen atoms in total. The van der Waals surface area contributed by atoms with Crippen LogP contribution in [0.1, 0.15) is 25.8 Å². The van der Waals surface area contributed by atoms with Crippen molar-refractivity contribution in [1.82, 2.24) is 4.90 Å². The molecule has 2 atom stereocenters. The summed E-state index contributed by atoms with van der Waals surface area (Å²) in [5.74, 6) is 0.0618. The van der Waals surface area contributed by atoms with Crippen LogP contribution in [0, 0.1) is 11.8 Å². The van der Waals surface area contributed by atoms with Gasteiger partial charge in [0.1, 0.15) is 5.75 Å². The van der Waals surface area contributed by atoms with E-state index < -0.39 is 0 Å². The van der Waals surface area contributed by atoms with Crippen LogP contribution in [0.3, 0.4) is 0 Å². The molecule has 1 aromatic carbocycles. The van der Waals surface area contributed by atoms with Gasteiger partial charge >= 0.3 is 5.97 Å². The molecule has 0 bridgehead atoms. The molecule has 0 radical (unpaired) electrons. The summed E-state index contributed by atoms with van der Waals surface area (Å²) >= 11 is 0. The topological polar surface area (TPSA) is 55.8 Å². The van der Waals surface area contributed by atoms with Crippen molar-refractivity contribution < 1.29 is 19.1 Å². The molecule has 0 aliphatic carbocycles. The number of likely N-dealkylation sites (tertiary alicyclic amines) is 1. The minimum absolute atomic E-state index is 0.00753. The average molecular weight is 331 g/mol. The lowest BCUT2D eigenvalue weighted by Crippen LogP contribution is -2.28. The van der Waals surface area contributed by atoms with E-state index in [1.165, 1.54) is 0 Å². The third-order valence-corrected chi connectivity index (χ3v) is 4.39. The predicted octanol–water partition coefficient (Wildman–Crippen LogP) is 2.80. The fourth-order valence-electron chi connectivity index (χ4n) is 3.08. The number of rotatable bonds is 7. The Kier molecular flexibility index (Phi) is 6.01. The third kappa shape index (κ3) is 4.16. The van der Waals surface area contributed by atoms with Crippen molar-refractivity contribution in [1.29, 1.82) is 0 Å². The number of carbonyl (C=O) groups excluding carboxylic acids is 2. The number of carbonyl (C=O) groups is 2. The molecule has 0 spiro atoms. The maximum absolute atomic E-state index is 12.7. The van der Waals surface area contributed by atoms with E-state index in [1.807, 2.05) is 31.2 Å². The number of benzene rings is 1. The highest BCUT2D eigenvalue weighted by Crippen LogP contribution is 2.33. The fraction of sp³-hybridized carbons (Fsp3) is 0.474. The van der Waals surface area contributed by atoms with Crippen molar-refractivity contribution in [3.8, 4) is 5.75 Å². The van der Waals surface area contributed by atoms with Gasteiger partial charge in [-0.2, -0.15) is 0 Å². The molecule has 24 heavy (non-hydrogen) atoms. The van der Waals surface area contributed by atoms with Crippen LogP contribution in [0.5, 0.6) is 5.75 Å². The minimum atomic E-state index is -0.375. The lowest BCUT2D eigenvalue weighted by atomic mass is 9.87. The molecule has 2 rings (SSSR count). The van der Waals surface area contributed by atoms with Crippen LogP contribution in [-0.2, 0) is 20.9 Å². The predicted molar refractivity (Wildman–Crippen MR) is 91.5 cm³/mol. The first-order valence-corrected chi connectivity index (χ1v) is 8.19. The van der Waals surface area contributed by atoms with Gasteiger partial charge < -0.3 is 14.4 Å². The van der Waals surface area contributed by atoms with Crippen LogP contribution in [0.2, 0.25) is 0 Å². The van der Waals surface area contributed by atoms with Crippen LogP contribution in [0.25, 0.3) is 0 Å². The Bertz CT molecular complexity index is 608. The standard InChI is InChI=1S/C19H25NO4/c1-5-24-18(21)10-16-17(13(2)3)12-20(19(16)22)11-14-6-8-15(23-4)9-7-14/h6-9,16-17H,2,5,10-12H2,1,3-4H3/t16-,17+/m0/s1. The zero-order chi connectivity index (χ0) is 17.7. The lowest BCUT2D eigenvalue weighted by Gasteiger charge is -2.17. The van der Waals surface area contributed by atoms with E-state index in [0.717, 1.165) is 16.9 Å². The second-order valence-electron chi connectivity index (χ2n) is 6.14. The largest absolute Gasteiger partial charge is 0.497 e. The molecule has 0 N–H and O–H groups in total. The van der Waals surface area contributed by atoms with Crippen molar-refractivity contribution in [2.24, 2.45) is 11.8 Å². The number of hydrogen-bond donors (Lipinski definition) is 0. The van der Waals surface area contributed by atoms with Crippen molar-refractivity contribution >= 4 is 11.9 Å². The molecule has 1 fully saturated rings. The van der Waals surface area contributed by atoms with Gasteiger partial charge in [0, 0.05) is 19.0 Å². The fourth-order valence-corrected chi connectivity index (χ4v) is 3.08. The number of hydrogen-bond acceptors (Lipinski definition) is 4. The molecule has 0 aromatic heterocycles. The molecule has 1 heterocycles. The number of esters is 1. The molecule has 1 aliphatic rings. The zero-order valence-electron chi connectivity index (χ0n) is 14.6. The monoisotopic (exact) mass is 331 g/mol. The number of nitrogens with zero attached hydrogens (tertiary/aromatic N) is 1. The van der Waals surface area contributed by atoms with Crippen LogP contribution in [0.15, 0.2) is 36.4 Å². The molecule has 130 valence electrons. The Labute approximate surface area is 143 Å². The third-order valence-electron chi connectivity index (χ3n) is 4.39. The molecule has 1 amide bonds. The highest BCUT2D eigenvalue weighted by molar-refractivity contribution is 5.86. The first-order valence-electron chi connectivity index (χ1n) is 8.19. The molecule has 1 saturated heterocycles. The maximum atomic E-state index is 12.7. The maximum Gasteiger partial charge on any atom is 0.306 e. The molecular formula is C19H25NO4. The normalized spacial score (nSPS) is 20.1. The van der Waals surface area contributed by atoms with Crippen LogP contribution in [-0.4, -0.2) is 37.0 Å². The van der Waals surface area contributed by atoms with Crippen molar-refractivity contribution in [2.45, 2.75) is 26.8 Å². The van der Waals surface area contributed by atoms with E-state index in [4.69, 9.17) is 9.47 Å². The average Bonchev–Trinajstić information content (AvgIpc) is 2.85. The number of methoxy groups -OCH3 is 1. The molecule has 1 aliphatic heterocycles. The summed E-state index contributed by atoms with van der Waals surface area (Å²) in [7, 11) is 1.62. The van der Waals surface area contributed by atoms with Gasteiger partial charge in [-0.05, 0) is 31.5 Å². The Hall–Kier alpha value is -2.30.